The topological polar surface area (TPSA) is 36.9 Å². The molecule has 0 saturated carbocycles. The Morgan fingerprint density at radius 1 is 0.724 bits per heavy atom. The molecule has 0 spiro atoms. The summed E-state index contributed by atoms with van der Waals surface area (Å²) in [6, 6.07) is 13.4. The summed E-state index contributed by atoms with van der Waals surface area (Å²) in [4.78, 5) is 0. The summed E-state index contributed by atoms with van der Waals surface area (Å²) in [5.41, 5.74) is 3.36. The molecule has 1 heterocycles. The van der Waals surface area contributed by atoms with Crippen molar-refractivity contribution >= 4 is 40.3 Å². The average Bonchev–Trinajstić information content (AvgIpc) is 2.59. The Kier molecular flexibility index (Phi) is 8.87. The predicted octanol–water partition coefficient (Wildman–Crippen LogP) is 6.84. The van der Waals surface area contributed by atoms with E-state index in [1.807, 2.05) is 6.07 Å². The lowest BCUT2D eigenvalue weighted by molar-refractivity contribution is 0.228. The fourth-order valence-electron chi connectivity index (χ4n) is 4.38. The summed E-state index contributed by atoms with van der Waals surface area (Å²) in [5, 5.41) is 0. The zero-order valence-electron chi connectivity index (χ0n) is 19.4. The molecule has 2 unspecified atom stereocenters. The molecule has 0 aromatic heterocycles. The molecule has 29 heavy (non-hydrogen) atoms. The lowest BCUT2D eigenvalue weighted by Gasteiger charge is -2.49. The number of benzene rings is 1. The van der Waals surface area contributed by atoms with Crippen LogP contribution in [0.4, 0.5) is 0 Å². The van der Waals surface area contributed by atoms with Gasteiger partial charge in [0.25, 0.3) is 0 Å². The van der Waals surface area contributed by atoms with E-state index in [0.717, 1.165) is 37.4 Å². The van der Waals surface area contributed by atoms with Crippen molar-refractivity contribution in [3.8, 4) is 0 Å². The molecule has 0 amide bonds. The normalized spacial score (nSPS) is 29.5. The van der Waals surface area contributed by atoms with Gasteiger partial charge in [0.1, 0.15) is 0 Å². The summed E-state index contributed by atoms with van der Waals surface area (Å²) in [6.07, 6.45) is 5.35. The van der Waals surface area contributed by atoms with Crippen LogP contribution in [0, 0.1) is 0 Å². The summed E-state index contributed by atoms with van der Waals surface area (Å²) in [5.74, 6) is 0. The molecule has 1 aliphatic heterocycles. The molecule has 0 bridgehead atoms. The van der Waals surface area contributed by atoms with Gasteiger partial charge in [-0.25, -0.2) is 0 Å². The smallest absolute Gasteiger partial charge is 0.344 e. The molecule has 8 heteroatoms. The van der Waals surface area contributed by atoms with Gasteiger partial charge >= 0.3 is 34.2 Å². The van der Waals surface area contributed by atoms with Gasteiger partial charge in [-0.05, 0) is 55.6 Å². The van der Waals surface area contributed by atoms with Crippen LogP contribution in [0.25, 0.3) is 6.08 Å². The van der Waals surface area contributed by atoms with Crippen molar-refractivity contribution in [2.24, 2.45) is 0 Å². The van der Waals surface area contributed by atoms with Gasteiger partial charge in [0.15, 0.2) is 0 Å². The summed E-state index contributed by atoms with van der Waals surface area (Å²) >= 11 is 0. The highest BCUT2D eigenvalue weighted by Gasteiger charge is 2.55. The quantitative estimate of drug-likeness (QED) is 0.391. The molecule has 2 atom stereocenters. The van der Waals surface area contributed by atoms with E-state index in [-0.39, 0.29) is 0 Å². The van der Waals surface area contributed by atoms with Crippen LogP contribution in [-0.2, 0) is 16.5 Å². The fourth-order valence-corrected chi connectivity index (χ4v) is 26.9. The molecular weight excluding hydrogens is 429 g/mol. The first kappa shape index (κ1) is 24.9. The highest BCUT2D eigenvalue weighted by molar-refractivity contribution is 6.95. The van der Waals surface area contributed by atoms with Crippen LogP contribution in [0.1, 0.15) is 45.6 Å². The summed E-state index contributed by atoms with van der Waals surface area (Å²) in [7, 11) is -9.77. The maximum Gasteiger partial charge on any atom is 0.344 e. The molecule has 1 fully saturated rings. The maximum absolute atomic E-state index is 7.08. The molecule has 4 nitrogen and oxygen atoms in total. The van der Waals surface area contributed by atoms with Crippen molar-refractivity contribution in [1.82, 2.24) is 0 Å². The zero-order chi connectivity index (χ0) is 21.6. The van der Waals surface area contributed by atoms with Gasteiger partial charge < -0.3 is 16.5 Å². The summed E-state index contributed by atoms with van der Waals surface area (Å²) in [6.45, 7) is 15.4. The predicted molar refractivity (Wildman–Crippen MR) is 132 cm³/mol. The minimum Gasteiger partial charge on any atom is -0.416 e. The Bertz CT molecular complexity index is 664. The standard InChI is InChI=1S/C21H40O4Si4/c1-8-17-27(6)22-26(4,5)23-28(7,20-16-21-14-12-11-13-15-21)25-29(24-27,18-9-2)19-10-3/h11-16,20H,8-10,17-19H2,1-7H3. The van der Waals surface area contributed by atoms with Gasteiger partial charge in [0.2, 0.25) is 0 Å². The van der Waals surface area contributed by atoms with Crippen LogP contribution in [0.3, 0.4) is 0 Å². The van der Waals surface area contributed by atoms with Crippen molar-refractivity contribution in [2.45, 2.75) is 84.4 Å². The van der Waals surface area contributed by atoms with Gasteiger partial charge in [-0.15, -0.1) is 0 Å². The molecule has 1 saturated heterocycles. The lowest BCUT2D eigenvalue weighted by atomic mass is 10.2. The van der Waals surface area contributed by atoms with E-state index in [4.69, 9.17) is 16.5 Å². The zero-order valence-corrected chi connectivity index (χ0v) is 23.4. The maximum atomic E-state index is 7.08. The van der Waals surface area contributed by atoms with Crippen molar-refractivity contribution in [3.63, 3.8) is 0 Å². The van der Waals surface area contributed by atoms with E-state index in [0.29, 0.717) is 0 Å². The third-order valence-electron chi connectivity index (χ3n) is 5.04. The Morgan fingerprint density at radius 3 is 1.86 bits per heavy atom. The SMILES string of the molecule is CCC[Si]1(C)O[Si](C)(C)O[Si](C)(C=Cc2ccccc2)O[Si](CCC)(CCC)O1. The molecule has 1 aromatic carbocycles. The molecule has 0 radical (unpaired) electrons. The number of hydrogen-bond acceptors (Lipinski definition) is 4. The van der Waals surface area contributed by atoms with E-state index >= 15 is 0 Å². The van der Waals surface area contributed by atoms with E-state index in [9.17, 15) is 0 Å². The van der Waals surface area contributed by atoms with Crippen LogP contribution >= 0.6 is 0 Å². The Hall–Kier alpha value is -0.332. The highest BCUT2D eigenvalue weighted by atomic mass is 28.5. The van der Waals surface area contributed by atoms with E-state index < -0.39 is 34.2 Å². The minimum absolute atomic E-state index is 0.996. The molecular formula is C21H40O4Si4. The first-order valence-electron chi connectivity index (χ1n) is 11.1. The summed E-state index contributed by atoms with van der Waals surface area (Å²) < 4.78 is 27.7. The molecule has 0 aliphatic carbocycles. The lowest BCUT2D eigenvalue weighted by Crippen LogP contribution is -2.67. The van der Waals surface area contributed by atoms with Gasteiger partial charge in [-0.2, -0.15) is 0 Å². The molecule has 0 N–H and O–H groups in total. The van der Waals surface area contributed by atoms with Gasteiger partial charge in [0, 0.05) is 0 Å². The first-order valence-corrected chi connectivity index (χ1v) is 21.1. The minimum atomic E-state index is -2.62. The Labute approximate surface area is 182 Å². The van der Waals surface area contributed by atoms with Gasteiger partial charge in [-0.1, -0.05) is 76.4 Å². The van der Waals surface area contributed by atoms with Crippen molar-refractivity contribution in [1.29, 1.82) is 0 Å². The van der Waals surface area contributed by atoms with Gasteiger partial charge in [0.05, 0.1) is 0 Å². The molecule has 1 aliphatic rings. The number of rotatable bonds is 8. The van der Waals surface area contributed by atoms with Crippen molar-refractivity contribution in [2.75, 3.05) is 0 Å². The molecule has 2 rings (SSSR count). The van der Waals surface area contributed by atoms with Crippen molar-refractivity contribution < 1.29 is 16.5 Å². The van der Waals surface area contributed by atoms with E-state index in [1.165, 1.54) is 5.56 Å². The first-order chi connectivity index (χ1) is 13.6. The Balaban J connectivity index is 2.45. The third kappa shape index (κ3) is 7.39. The van der Waals surface area contributed by atoms with Gasteiger partial charge in [-0.3, -0.25) is 0 Å². The van der Waals surface area contributed by atoms with Crippen LogP contribution < -0.4 is 0 Å². The second-order valence-corrected chi connectivity index (χ2v) is 22.9. The molecule has 1 aromatic rings. The second kappa shape index (κ2) is 10.3. The van der Waals surface area contributed by atoms with Crippen LogP contribution in [-0.4, -0.2) is 34.2 Å². The molecule has 164 valence electrons. The van der Waals surface area contributed by atoms with Crippen LogP contribution in [0.15, 0.2) is 36.0 Å². The fraction of sp³-hybridized carbons (Fsp3) is 0.619. The van der Waals surface area contributed by atoms with Crippen molar-refractivity contribution in [3.05, 3.63) is 41.6 Å². The largest absolute Gasteiger partial charge is 0.416 e. The second-order valence-electron chi connectivity index (χ2n) is 8.86. The Morgan fingerprint density at radius 2 is 1.31 bits per heavy atom. The highest BCUT2D eigenvalue weighted by Crippen LogP contribution is 2.38. The van der Waals surface area contributed by atoms with E-state index in [1.54, 1.807) is 0 Å². The average molecular weight is 469 g/mol. The third-order valence-corrected chi connectivity index (χ3v) is 23.4. The van der Waals surface area contributed by atoms with E-state index in [2.05, 4.69) is 83.0 Å². The van der Waals surface area contributed by atoms with Crippen LogP contribution in [0.5, 0.6) is 0 Å². The van der Waals surface area contributed by atoms with Crippen LogP contribution in [0.2, 0.25) is 44.3 Å². The number of hydrogen-bond donors (Lipinski definition) is 0. The monoisotopic (exact) mass is 468 g/mol.